The number of anilines is 1. The molecule has 8 nitrogen and oxygen atoms in total. The molecule has 1 aromatic carbocycles. The van der Waals surface area contributed by atoms with Crippen molar-refractivity contribution in [2.75, 3.05) is 12.3 Å². The number of nitrogens with zero attached hydrogens (tertiary/aromatic N) is 2. The first kappa shape index (κ1) is 20.5. The maximum Gasteiger partial charge on any atom is 0.391 e. The minimum atomic E-state index is -4.55. The van der Waals surface area contributed by atoms with Gasteiger partial charge in [-0.25, -0.2) is 9.37 Å². The number of aromatic nitrogens is 2. The first-order chi connectivity index (χ1) is 13.1. The van der Waals surface area contributed by atoms with Crippen molar-refractivity contribution < 1.29 is 28.3 Å². The van der Waals surface area contributed by atoms with Crippen molar-refractivity contribution in [3.63, 3.8) is 0 Å². The number of imidazole rings is 1. The van der Waals surface area contributed by atoms with E-state index in [0.29, 0.717) is 36.3 Å². The Labute approximate surface area is 161 Å². The molecular formula is C18H23FN3O5P. The first-order valence-electron chi connectivity index (χ1n) is 8.87. The number of fused-ring (bicyclic) bond motifs is 1. The van der Waals surface area contributed by atoms with Crippen LogP contribution in [0, 0.1) is 11.7 Å². The lowest BCUT2D eigenvalue weighted by Crippen LogP contribution is -2.08. The molecule has 3 aromatic rings. The smallest absolute Gasteiger partial charge is 0.391 e. The zero-order valence-corrected chi connectivity index (χ0v) is 16.5. The summed E-state index contributed by atoms with van der Waals surface area (Å²) in [5.74, 6) is 0.0647. The molecule has 2 aromatic heterocycles. The number of aliphatic hydroxyl groups is 1. The van der Waals surface area contributed by atoms with Crippen LogP contribution in [0.5, 0.6) is 0 Å². The number of nitrogens with two attached hydrogens (primary N) is 1. The van der Waals surface area contributed by atoms with E-state index < -0.39 is 18.9 Å². The maximum atomic E-state index is 14.3. The van der Waals surface area contributed by atoms with E-state index in [9.17, 15) is 23.8 Å². The third-order valence-electron chi connectivity index (χ3n) is 4.34. The van der Waals surface area contributed by atoms with Gasteiger partial charge in [0.15, 0.2) is 11.6 Å². The third-order valence-corrected chi connectivity index (χ3v) is 5.15. The number of hydrogen-bond acceptors (Lipinski definition) is 5. The number of rotatable bonds is 7. The molecule has 0 saturated carbocycles. The maximum absolute atomic E-state index is 14.3. The Hall–Kier alpha value is -2.19. The van der Waals surface area contributed by atoms with Crippen LogP contribution in [0.15, 0.2) is 22.6 Å². The lowest BCUT2D eigenvalue weighted by atomic mass is 10.1. The third kappa shape index (κ3) is 3.84. The van der Waals surface area contributed by atoms with Gasteiger partial charge in [-0.3, -0.25) is 4.57 Å². The van der Waals surface area contributed by atoms with E-state index in [-0.39, 0.29) is 29.5 Å². The normalized spacial score (nSPS) is 12.4. The highest BCUT2D eigenvalue weighted by Gasteiger charge is 2.26. The van der Waals surface area contributed by atoms with Crippen LogP contribution in [0.25, 0.3) is 22.6 Å². The summed E-state index contributed by atoms with van der Waals surface area (Å²) in [6, 6.07) is 3.97. The van der Waals surface area contributed by atoms with Gasteiger partial charge in [-0.05, 0) is 42.5 Å². The van der Waals surface area contributed by atoms with Crippen molar-refractivity contribution in [2.45, 2.75) is 33.2 Å². The van der Waals surface area contributed by atoms with Gasteiger partial charge in [-0.2, -0.15) is 0 Å². The fraction of sp³-hybridized carbons (Fsp3) is 0.389. The highest BCUT2D eigenvalue weighted by atomic mass is 31.2. The number of aryl methyl sites for hydroxylation is 1. The van der Waals surface area contributed by atoms with Gasteiger partial charge in [0.05, 0.1) is 11.2 Å². The zero-order chi connectivity index (χ0) is 20.6. The molecule has 0 aliphatic rings. The van der Waals surface area contributed by atoms with Gasteiger partial charge in [0, 0.05) is 13.2 Å². The molecule has 0 fully saturated rings. The Kier molecular flexibility index (Phi) is 5.63. The Morgan fingerprint density at radius 2 is 2.07 bits per heavy atom. The number of furan rings is 1. The van der Waals surface area contributed by atoms with E-state index in [1.165, 1.54) is 18.2 Å². The monoisotopic (exact) mass is 411 g/mol. The van der Waals surface area contributed by atoms with Gasteiger partial charge in [0.25, 0.3) is 0 Å². The highest BCUT2D eigenvalue weighted by molar-refractivity contribution is 7.59. The predicted molar refractivity (Wildman–Crippen MR) is 104 cm³/mol. The Bertz CT molecular complexity index is 1050. The van der Waals surface area contributed by atoms with E-state index in [4.69, 9.17) is 10.2 Å². The molecule has 0 aliphatic carbocycles. The van der Waals surface area contributed by atoms with Crippen LogP contribution in [-0.2, 0) is 17.5 Å². The Morgan fingerprint density at radius 3 is 2.64 bits per heavy atom. The van der Waals surface area contributed by atoms with Crippen molar-refractivity contribution in [1.82, 2.24) is 9.55 Å². The lowest BCUT2D eigenvalue weighted by molar-refractivity contribution is 0.288. The van der Waals surface area contributed by atoms with Crippen molar-refractivity contribution in [3.8, 4) is 11.6 Å². The molecule has 3 rings (SSSR count). The molecule has 0 saturated heterocycles. The fourth-order valence-corrected chi connectivity index (χ4v) is 3.66. The fourth-order valence-electron chi connectivity index (χ4n) is 3.17. The topological polar surface area (TPSA) is 135 Å². The van der Waals surface area contributed by atoms with Crippen LogP contribution in [-0.4, -0.2) is 31.1 Å². The van der Waals surface area contributed by atoms with E-state index >= 15 is 0 Å². The van der Waals surface area contributed by atoms with Crippen LogP contribution in [0.3, 0.4) is 0 Å². The van der Waals surface area contributed by atoms with Crippen molar-refractivity contribution in [1.29, 1.82) is 0 Å². The van der Waals surface area contributed by atoms with Gasteiger partial charge in [-0.1, -0.05) is 13.8 Å². The second kappa shape index (κ2) is 7.67. The number of halogens is 1. The van der Waals surface area contributed by atoms with Gasteiger partial charge in [-0.15, -0.1) is 0 Å². The molecule has 10 heteroatoms. The van der Waals surface area contributed by atoms with E-state index in [1.807, 2.05) is 18.4 Å². The molecule has 2 heterocycles. The van der Waals surface area contributed by atoms with Gasteiger partial charge < -0.3 is 29.6 Å². The van der Waals surface area contributed by atoms with Crippen LogP contribution in [0.4, 0.5) is 10.1 Å². The van der Waals surface area contributed by atoms with Crippen LogP contribution in [0.1, 0.15) is 25.8 Å². The van der Waals surface area contributed by atoms with E-state index in [0.717, 1.165) is 0 Å². The summed E-state index contributed by atoms with van der Waals surface area (Å²) >= 11 is 0. The molecule has 28 heavy (non-hydrogen) atoms. The Balaban J connectivity index is 2.29. The summed E-state index contributed by atoms with van der Waals surface area (Å²) in [7, 11) is -4.55. The van der Waals surface area contributed by atoms with Gasteiger partial charge >= 0.3 is 7.60 Å². The SMILES string of the molecule is CC(C)Cn1c(-c2ccc(P(=O)(O)O)o2)nc2c(N)c(F)cc(CCCO)c21. The van der Waals surface area contributed by atoms with Gasteiger partial charge in [0.1, 0.15) is 11.3 Å². The molecule has 0 radical (unpaired) electrons. The molecule has 0 spiro atoms. The number of benzene rings is 1. The summed E-state index contributed by atoms with van der Waals surface area (Å²) in [6.45, 7) is 4.47. The summed E-state index contributed by atoms with van der Waals surface area (Å²) in [4.78, 5) is 23.1. The number of aliphatic hydroxyl groups excluding tert-OH is 1. The molecule has 0 amide bonds. The number of hydrogen-bond donors (Lipinski definition) is 4. The average molecular weight is 411 g/mol. The standard InChI is InChI=1S/C18H23FN3O5P/c1-10(2)9-22-17-11(4-3-7-23)8-12(19)15(20)16(17)21-18(22)13-5-6-14(27-13)28(24,25)26/h5-6,8,10,23H,3-4,7,9,20H2,1-2H3,(H2,24,25,26). The molecular weight excluding hydrogens is 388 g/mol. The van der Waals surface area contributed by atoms with Crippen LogP contribution >= 0.6 is 7.60 Å². The molecule has 5 N–H and O–H groups in total. The predicted octanol–water partition coefficient (Wildman–Crippen LogP) is 2.40. The Morgan fingerprint density at radius 1 is 1.36 bits per heavy atom. The average Bonchev–Trinajstić information content (AvgIpc) is 3.21. The van der Waals surface area contributed by atoms with Crippen LogP contribution in [0.2, 0.25) is 0 Å². The first-order valence-corrected chi connectivity index (χ1v) is 10.5. The van der Waals surface area contributed by atoms with E-state index in [2.05, 4.69) is 4.98 Å². The van der Waals surface area contributed by atoms with Crippen molar-refractivity contribution in [2.24, 2.45) is 5.92 Å². The molecule has 0 aliphatic heterocycles. The van der Waals surface area contributed by atoms with Gasteiger partial charge in [0.2, 0.25) is 5.50 Å². The summed E-state index contributed by atoms with van der Waals surface area (Å²) in [5, 5.41) is 9.17. The largest absolute Gasteiger partial charge is 0.445 e. The molecule has 152 valence electrons. The van der Waals surface area contributed by atoms with E-state index in [1.54, 1.807) is 0 Å². The quantitative estimate of drug-likeness (QED) is 0.346. The lowest BCUT2D eigenvalue weighted by Gasteiger charge is -2.14. The molecule has 0 atom stereocenters. The zero-order valence-electron chi connectivity index (χ0n) is 15.6. The second-order valence-corrected chi connectivity index (χ2v) is 8.61. The summed E-state index contributed by atoms with van der Waals surface area (Å²) < 4.78 is 33.0. The van der Waals surface area contributed by atoms with Crippen LogP contribution < -0.4 is 11.2 Å². The number of nitrogen functional groups attached to an aromatic ring is 1. The van der Waals surface area contributed by atoms with Crippen molar-refractivity contribution in [3.05, 3.63) is 29.6 Å². The minimum Gasteiger partial charge on any atom is -0.445 e. The molecule has 0 unspecified atom stereocenters. The highest BCUT2D eigenvalue weighted by Crippen LogP contribution is 2.37. The minimum absolute atomic E-state index is 0.0392. The molecule has 0 bridgehead atoms. The summed E-state index contributed by atoms with van der Waals surface area (Å²) in [6.07, 6.45) is 0.878. The van der Waals surface area contributed by atoms with Crippen molar-refractivity contribution >= 4 is 29.8 Å². The summed E-state index contributed by atoms with van der Waals surface area (Å²) in [5.41, 5.74) is 6.90. The second-order valence-electron chi connectivity index (χ2n) is 7.08.